The molecular formula is C29H27FN2O5S. The molecule has 196 valence electrons. The summed E-state index contributed by atoms with van der Waals surface area (Å²) in [6.45, 7) is 10.8. The number of hydrogen-bond acceptors (Lipinski definition) is 7. The van der Waals surface area contributed by atoms with Crippen molar-refractivity contribution in [1.82, 2.24) is 4.98 Å². The van der Waals surface area contributed by atoms with Crippen LogP contribution in [0.2, 0.25) is 0 Å². The number of carbonyl (C=O) groups excluding carboxylic acids is 3. The van der Waals surface area contributed by atoms with Crippen molar-refractivity contribution in [2.45, 2.75) is 39.7 Å². The molecule has 1 aromatic heterocycles. The molecule has 1 unspecified atom stereocenters. The first-order valence-electron chi connectivity index (χ1n) is 12.0. The number of halogens is 1. The Kier molecular flexibility index (Phi) is 7.59. The third kappa shape index (κ3) is 4.89. The highest BCUT2D eigenvalue weighted by Gasteiger charge is 2.48. The van der Waals surface area contributed by atoms with Crippen LogP contribution in [0.25, 0.3) is 5.76 Å². The van der Waals surface area contributed by atoms with E-state index >= 15 is 0 Å². The SMILES string of the molecule is C=CCOC(=O)c1sc(N2C(=O)C(=O)/C(=C(\O)c3ccc(C)c(F)c3)C2c2ccc(C(C)C)cc2)nc1C. The lowest BCUT2D eigenvalue weighted by atomic mass is 9.93. The fourth-order valence-electron chi connectivity index (χ4n) is 4.18. The van der Waals surface area contributed by atoms with Crippen molar-refractivity contribution in [3.8, 4) is 0 Å². The van der Waals surface area contributed by atoms with Gasteiger partial charge in [0.1, 0.15) is 23.1 Å². The Morgan fingerprint density at radius 3 is 2.50 bits per heavy atom. The monoisotopic (exact) mass is 534 g/mol. The highest BCUT2D eigenvalue weighted by atomic mass is 32.1. The first-order chi connectivity index (χ1) is 18.0. The van der Waals surface area contributed by atoms with E-state index in [-0.39, 0.29) is 33.7 Å². The molecule has 0 bridgehead atoms. The van der Waals surface area contributed by atoms with E-state index in [1.165, 1.54) is 23.1 Å². The summed E-state index contributed by atoms with van der Waals surface area (Å²) < 4.78 is 19.5. The zero-order valence-corrected chi connectivity index (χ0v) is 22.3. The Balaban J connectivity index is 1.90. The van der Waals surface area contributed by atoms with Gasteiger partial charge in [0, 0.05) is 5.56 Å². The van der Waals surface area contributed by atoms with E-state index in [1.54, 1.807) is 26.0 Å². The van der Waals surface area contributed by atoms with Gasteiger partial charge in [-0.2, -0.15) is 0 Å². The predicted octanol–water partition coefficient (Wildman–Crippen LogP) is 5.99. The highest BCUT2D eigenvalue weighted by molar-refractivity contribution is 7.17. The van der Waals surface area contributed by atoms with Crippen LogP contribution in [-0.2, 0) is 14.3 Å². The second-order valence-electron chi connectivity index (χ2n) is 9.25. The van der Waals surface area contributed by atoms with Gasteiger partial charge in [0.25, 0.3) is 5.78 Å². The number of esters is 1. The standard InChI is InChI=1S/C29H27FN2O5S/c1-6-13-37-28(36)26-17(5)31-29(38-26)32-23(19-11-9-18(10-12-19)15(2)3)22(25(34)27(32)35)24(33)20-8-7-16(4)21(30)14-20/h6-12,14-15,23,33H,1,13H2,2-5H3/b24-22-. The number of ether oxygens (including phenoxy) is 1. The van der Waals surface area contributed by atoms with Gasteiger partial charge in [0.15, 0.2) is 5.13 Å². The second-order valence-corrected chi connectivity index (χ2v) is 10.2. The van der Waals surface area contributed by atoms with E-state index in [2.05, 4.69) is 11.6 Å². The molecule has 2 aromatic carbocycles. The topological polar surface area (TPSA) is 96.8 Å². The Morgan fingerprint density at radius 2 is 1.89 bits per heavy atom. The minimum absolute atomic E-state index is 0.00529. The van der Waals surface area contributed by atoms with Gasteiger partial charge in [-0.15, -0.1) is 0 Å². The van der Waals surface area contributed by atoms with E-state index in [9.17, 15) is 23.9 Å². The quantitative estimate of drug-likeness (QED) is 0.131. The van der Waals surface area contributed by atoms with Crippen LogP contribution >= 0.6 is 11.3 Å². The van der Waals surface area contributed by atoms with E-state index in [0.29, 0.717) is 16.8 Å². The molecule has 1 aliphatic rings. The molecule has 1 fully saturated rings. The molecular weight excluding hydrogens is 507 g/mol. The summed E-state index contributed by atoms with van der Waals surface area (Å²) in [5, 5.41) is 11.3. The molecule has 1 aliphatic heterocycles. The Morgan fingerprint density at radius 1 is 1.21 bits per heavy atom. The van der Waals surface area contributed by atoms with Crippen molar-refractivity contribution in [3.63, 3.8) is 0 Å². The van der Waals surface area contributed by atoms with Gasteiger partial charge in [-0.05, 0) is 42.5 Å². The molecule has 1 N–H and O–H groups in total. The van der Waals surface area contributed by atoms with Crippen LogP contribution in [0, 0.1) is 19.7 Å². The first-order valence-corrected chi connectivity index (χ1v) is 12.8. The predicted molar refractivity (Wildman–Crippen MR) is 144 cm³/mol. The van der Waals surface area contributed by atoms with Crippen LogP contribution in [0.15, 0.2) is 60.7 Å². The number of amides is 1. The largest absolute Gasteiger partial charge is 0.507 e. The molecule has 3 aromatic rings. The van der Waals surface area contributed by atoms with Crippen LogP contribution in [0.3, 0.4) is 0 Å². The number of anilines is 1. The van der Waals surface area contributed by atoms with Crippen LogP contribution in [0.4, 0.5) is 9.52 Å². The molecule has 0 aliphatic carbocycles. The van der Waals surface area contributed by atoms with Gasteiger partial charge in [-0.3, -0.25) is 14.5 Å². The molecule has 38 heavy (non-hydrogen) atoms. The third-order valence-corrected chi connectivity index (χ3v) is 7.45. The number of nitrogens with zero attached hydrogens (tertiary/aromatic N) is 2. The summed E-state index contributed by atoms with van der Waals surface area (Å²) >= 11 is 0.910. The fraction of sp³-hybridized carbons (Fsp3) is 0.241. The maximum atomic E-state index is 14.3. The average molecular weight is 535 g/mol. The minimum atomic E-state index is -1.05. The van der Waals surface area contributed by atoms with Gasteiger partial charge in [0.05, 0.1) is 17.3 Å². The van der Waals surface area contributed by atoms with E-state index in [4.69, 9.17) is 4.74 Å². The number of aryl methyl sites for hydroxylation is 2. The van der Waals surface area contributed by atoms with Gasteiger partial charge in [-0.1, -0.05) is 74.2 Å². The number of rotatable bonds is 7. The van der Waals surface area contributed by atoms with E-state index in [1.807, 2.05) is 26.0 Å². The van der Waals surface area contributed by atoms with Crippen LogP contribution in [0.1, 0.15) is 63.4 Å². The number of aromatic nitrogens is 1. The first kappa shape index (κ1) is 26.9. The fourth-order valence-corrected chi connectivity index (χ4v) is 5.17. The molecule has 4 rings (SSSR count). The highest BCUT2D eigenvalue weighted by Crippen LogP contribution is 2.44. The molecule has 9 heteroatoms. The molecule has 7 nitrogen and oxygen atoms in total. The van der Waals surface area contributed by atoms with Crippen molar-refractivity contribution < 1.29 is 28.6 Å². The summed E-state index contributed by atoms with van der Waals surface area (Å²) in [6.07, 6.45) is 1.43. The minimum Gasteiger partial charge on any atom is -0.507 e. The number of aliphatic hydroxyl groups is 1. The summed E-state index contributed by atoms with van der Waals surface area (Å²) in [5.41, 5.74) is 2.17. The molecule has 0 radical (unpaired) electrons. The van der Waals surface area contributed by atoms with Gasteiger partial charge in [-0.25, -0.2) is 14.2 Å². The summed E-state index contributed by atoms with van der Waals surface area (Å²) in [6, 6.07) is 10.4. The molecule has 0 saturated carbocycles. The molecule has 0 spiro atoms. The third-order valence-electron chi connectivity index (χ3n) is 6.32. The molecule has 2 heterocycles. The summed E-state index contributed by atoms with van der Waals surface area (Å²) in [5.74, 6) is -3.30. The Bertz CT molecular complexity index is 1470. The molecule has 1 atom stereocenters. The number of carbonyl (C=O) groups is 3. The summed E-state index contributed by atoms with van der Waals surface area (Å²) in [4.78, 5) is 45.0. The zero-order valence-electron chi connectivity index (χ0n) is 21.4. The van der Waals surface area contributed by atoms with Crippen LogP contribution in [-0.4, -0.2) is 34.4 Å². The molecule has 1 saturated heterocycles. The van der Waals surface area contributed by atoms with E-state index < -0.39 is 35.3 Å². The second kappa shape index (κ2) is 10.7. The lowest BCUT2D eigenvalue weighted by molar-refractivity contribution is -0.132. The van der Waals surface area contributed by atoms with E-state index in [0.717, 1.165) is 23.0 Å². The van der Waals surface area contributed by atoms with Crippen molar-refractivity contribution >= 4 is 39.9 Å². The van der Waals surface area contributed by atoms with Gasteiger partial charge in [0.2, 0.25) is 0 Å². The number of aliphatic hydroxyl groups excluding tert-OH is 1. The normalized spacial score (nSPS) is 16.8. The number of Topliss-reactive ketones (excluding diaryl/α,β-unsaturated/α-hetero) is 1. The molecule has 1 amide bonds. The lowest BCUT2D eigenvalue weighted by Gasteiger charge is -2.23. The number of benzene rings is 2. The zero-order chi connectivity index (χ0) is 27.7. The Hall–Kier alpha value is -4.11. The lowest BCUT2D eigenvalue weighted by Crippen LogP contribution is -2.29. The van der Waals surface area contributed by atoms with Crippen molar-refractivity contribution in [1.29, 1.82) is 0 Å². The van der Waals surface area contributed by atoms with Crippen molar-refractivity contribution in [3.05, 3.63) is 99.3 Å². The summed E-state index contributed by atoms with van der Waals surface area (Å²) in [7, 11) is 0. The average Bonchev–Trinajstić information content (AvgIpc) is 3.40. The smallest absolute Gasteiger partial charge is 0.350 e. The van der Waals surface area contributed by atoms with Gasteiger partial charge >= 0.3 is 11.9 Å². The maximum absolute atomic E-state index is 14.3. The number of hydrogen-bond donors (Lipinski definition) is 1. The van der Waals surface area contributed by atoms with Crippen LogP contribution < -0.4 is 4.90 Å². The number of thiazole rings is 1. The van der Waals surface area contributed by atoms with Crippen molar-refractivity contribution in [2.75, 3.05) is 11.5 Å². The Labute approximate surface area is 223 Å². The van der Waals surface area contributed by atoms with Crippen LogP contribution in [0.5, 0.6) is 0 Å². The number of ketones is 1. The van der Waals surface area contributed by atoms with Gasteiger partial charge < -0.3 is 9.84 Å². The maximum Gasteiger partial charge on any atom is 0.350 e. The van der Waals surface area contributed by atoms with Crippen molar-refractivity contribution in [2.24, 2.45) is 0 Å².